The smallest absolute Gasteiger partial charge is 0.259 e. The minimum atomic E-state index is -0.623. The van der Waals surface area contributed by atoms with Gasteiger partial charge >= 0.3 is 0 Å². The zero-order valence-electron chi connectivity index (χ0n) is 9.49. The molecule has 0 saturated carbocycles. The summed E-state index contributed by atoms with van der Waals surface area (Å²) < 4.78 is 13.3. The number of fused-ring (bicyclic) bond motifs is 1. The van der Waals surface area contributed by atoms with Crippen molar-refractivity contribution in [2.75, 3.05) is 6.54 Å². The quantitative estimate of drug-likeness (QED) is 0.872. The molecule has 1 amide bonds. The third kappa shape index (κ3) is 2.06. The first-order valence-electron chi connectivity index (χ1n) is 5.28. The fourth-order valence-electron chi connectivity index (χ4n) is 1.60. The fourth-order valence-corrected chi connectivity index (χ4v) is 2.54. The molecule has 2 aromatic rings. The van der Waals surface area contributed by atoms with Crippen LogP contribution in [0.1, 0.15) is 17.3 Å². The molecule has 1 aromatic heterocycles. The Balaban J connectivity index is 2.73. The zero-order chi connectivity index (χ0) is 13.3. The van der Waals surface area contributed by atoms with Gasteiger partial charge in [-0.1, -0.05) is 11.3 Å². The number of hydrogen-bond donors (Lipinski definition) is 2. The Morgan fingerprint density at radius 3 is 2.89 bits per heavy atom. The van der Waals surface area contributed by atoms with E-state index in [4.69, 9.17) is 0 Å². The molecule has 6 heteroatoms. The molecule has 1 aromatic carbocycles. The standard InChI is InChI=1S/C12H10FNO3S/c1-2-14-11(16)9-10(15)7-4-3-6(13)5-8(7)18-12(9)17/h3-5,17H,2H2,1H3,(H,14,16). The summed E-state index contributed by atoms with van der Waals surface area (Å²) in [5.41, 5.74) is -0.881. The predicted octanol–water partition coefficient (Wildman–Crippen LogP) is 1.86. The van der Waals surface area contributed by atoms with E-state index in [-0.39, 0.29) is 10.9 Å². The first-order valence-corrected chi connectivity index (χ1v) is 6.09. The van der Waals surface area contributed by atoms with Crippen LogP contribution >= 0.6 is 11.3 Å². The molecule has 0 aliphatic carbocycles. The molecule has 0 saturated heterocycles. The minimum absolute atomic E-state index is 0.223. The van der Waals surface area contributed by atoms with Gasteiger partial charge in [-0.2, -0.15) is 0 Å². The van der Waals surface area contributed by atoms with Gasteiger partial charge in [0.25, 0.3) is 5.91 Å². The van der Waals surface area contributed by atoms with Crippen molar-refractivity contribution in [1.29, 1.82) is 0 Å². The Morgan fingerprint density at radius 2 is 2.22 bits per heavy atom. The van der Waals surface area contributed by atoms with E-state index in [2.05, 4.69) is 5.32 Å². The highest BCUT2D eigenvalue weighted by Crippen LogP contribution is 2.27. The number of nitrogens with one attached hydrogen (secondary N) is 1. The summed E-state index contributed by atoms with van der Waals surface area (Å²) >= 11 is 0.806. The Bertz CT molecular complexity index is 681. The maximum atomic E-state index is 13.0. The van der Waals surface area contributed by atoms with Crippen molar-refractivity contribution < 1.29 is 14.3 Å². The van der Waals surface area contributed by atoms with E-state index in [9.17, 15) is 19.1 Å². The van der Waals surface area contributed by atoms with E-state index in [0.717, 1.165) is 23.5 Å². The highest BCUT2D eigenvalue weighted by molar-refractivity contribution is 7.20. The third-order valence-electron chi connectivity index (χ3n) is 2.40. The van der Waals surface area contributed by atoms with Gasteiger partial charge in [-0.15, -0.1) is 0 Å². The van der Waals surface area contributed by atoms with Crippen LogP contribution < -0.4 is 10.7 Å². The monoisotopic (exact) mass is 267 g/mol. The molecule has 0 fully saturated rings. The lowest BCUT2D eigenvalue weighted by molar-refractivity contribution is 0.0953. The molecule has 1 heterocycles. The molecule has 0 radical (unpaired) electrons. The number of hydrogen-bond acceptors (Lipinski definition) is 4. The van der Waals surface area contributed by atoms with Gasteiger partial charge in [0.1, 0.15) is 11.4 Å². The van der Waals surface area contributed by atoms with Crippen molar-refractivity contribution in [3.63, 3.8) is 0 Å². The molecule has 0 atom stereocenters. The Morgan fingerprint density at radius 1 is 1.50 bits per heavy atom. The molecule has 0 spiro atoms. The second-order valence-electron chi connectivity index (χ2n) is 3.61. The molecular formula is C12H10FNO3S. The molecular weight excluding hydrogens is 257 g/mol. The average Bonchev–Trinajstić information content (AvgIpc) is 2.28. The molecule has 2 N–H and O–H groups in total. The van der Waals surface area contributed by atoms with Crippen LogP contribution in [0.3, 0.4) is 0 Å². The molecule has 4 nitrogen and oxygen atoms in total. The van der Waals surface area contributed by atoms with Crippen LogP contribution in [-0.4, -0.2) is 17.6 Å². The van der Waals surface area contributed by atoms with E-state index in [0.29, 0.717) is 11.2 Å². The molecule has 0 aliphatic rings. The predicted molar refractivity (Wildman–Crippen MR) is 67.7 cm³/mol. The molecule has 18 heavy (non-hydrogen) atoms. The number of rotatable bonds is 2. The van der Waals surface area contributed by atoms with Crippen molar-refractivity contribution in [2.45, 2.75) is 6.92 Å². The molecule has 2 rings (SSSR count). The molecule has 94 valence electrons. The number of halogens is 1. The van der Waals surface area contributed by atoms with Crippen LogP contribution in [0.4, 0.5) is 4.39 Å². The lowest BCUT2D eigenvalue weighted by Crippen LogP contribution is -2.28. The van der Waals surface area contributed by atoms with Gasteiger partial charge in [0.05, 0.1) is 0 Å². The molecule has 0 aliphatic heterocycles. The van der Waals surface area contributed by atoms with Crippen molar-refractivity contribution in [3.05, 3.63) is 39.8 Å². The Kier molecular flexibility index (Phi) is 3.29. The average molecular weight is 267 g/mol. The largest absolute Gasteiger partial charge is 0.499 e. The van der Waals surface area contributed by atoms with Crippen LogP contribution in [0, 0.1) is 5.82 Å². The van der Waals surface area contributed by atoms with Crippen LogP contribution in [0.15, 0.2) is 23.0 Å². The number of benzene rings is 1. The van der Waals surface area contributed by atoms with Gasteiger partial charge in [0, 0.05) is 16.6 Å². The second-order valence-corrected chi connectivity index (χ2v) is 4.64. The lowest BCUT2D eigenvalue weighted by Gasteiger charge is -2.05. The zero-order valence-corrected chi connectivity index (χ0v) is 10.3. The van der Waals surface area contributed by atoms with Crippen LogP contribution in [0.2, 0.25) is 0 Å². The van der Waals surface area contributed by atoms with Crippen molar-refractivity contribution in [3.8, 4) is 5.06 Å². The fraction of sp³-hybridized carbons (Fsp3) is 0.167. The van der Waals surface area contributed by atoms with Gasteiger partial charge in [-0.3, -0.25) is 9.59 Å². The van der Waals surface area contributed by atoms with Gasteiger partial charge in [-0.05, 0) is 25.1 Å². The van der Waals surface area contributed by atoms with E-state index in [1.54, 1.807) is 6.92 Å². The number of carbonyl (C=O) groups excluding carboxylic acids is 1. The van der Waals surface area contributed by atoms with Crippen molar-refractivity contribution >= 4 is 27.3 Å². The van der Waals surface area contributed by atoms with Crippen molar-refractivity contribution in [1.82, 2.24) is 5.32 Å². The minimum Gasteiger partial charge on any atom is -0.499 e. The SMILES string of the molecule is CCNC(=O)c1c(O)sc2cc(F)ccc2c1=O. The van der Waals surface area contributed by atoms with E-state index in [1.807, 2.05) is 0 Å². The summed E-state index contributed by atoms with van der Waals surface area (Å²) in [6, 6.07) is 3.61. The summed E-state index contributed by atoms with van der Waals surface area (Å²) in [7, 11) is 0. The summed E-state index contributed by atoms with van der Waals surface area (Å²) in [5, 5.41) is 12.0. The van der Waals surface area contributed by atoms with Gasteiger partial charge in [0.2, 0.25) is 5.43 Å². The Labute approximate surface area is 106 Å². The molecule has 0 unspecified atom stereocenters. The maximum absolute atomic E-state index is 13.0. The topological polar surface area (TPSA) is 66.4 Å². The normalized spacial score (nSPS) is 10.6. The van der Waals surface area contributed by atoms with Gasteiger partial charge in [-0.25, -0.2) is 4.39 Å². The Hall–Kier alpha value is -1.95. The number of carbonyl (C=O) groups is 1. The summed E-state index contributed by atoms with van der Waals surface area (Å²) in [4.78, 5) is 23.7. The third-order valence-corrected chi connectivity index (χ3v) is 3.36. The summed E-state index contributed by atoms with van der Waals surface area (Å²) in [6.45, 7) is 2.06. The van der Waals surface area contributed by atoms with Crippen molar-refractivity contribution in [2.24, 2.45) is 0 Å². The highest BCUT2D eigenvalue weighted by Gasteiger charge is 2.18. The van der Waals surface area contributed by atoms with Gasteiger partial charge in [0.15, 0.2) is 5.06 Å². The second kappa shape index (κ2) is 4.73. The highest BCUT2D eigenvalue weighted by atomic mass is 32.1. The first kappa shape index (κ1) is 12.5. The van der Waals surface area contributed by atoms with E-state index in [1.165, 1.54) is 6.07 Å². The molecule has 0 bridgehead atoms. The number of aromatic hydroxyl groups is 1. The summed E-state index contributed by atoms with van der Waals surface area (Å²) in [5.74, 6) is -1.12. The van der Waals surface area contributed by atoms with Crippen LogP contribution in [-0.2, 0) is 0 Å². The van der Waals surface area contributed by atoms with Crippen LogP contribution in [0.5, 0.6) is 5.06 Å². The lowest BCUT2D eigenvalue weighted by atomic mass is 10.2. The van der Waals surface area contributed by atoms with Gasteiger partial charge < -0.3 is 10.4 Å². The maximum Gasteiger partial charge on any atom is 0.259 e. The number of amides is 1. The summed E-state index contributed by atoms with van der Waals surface area (Å²) in [6.07, 6.45) is 0. The first-order chi connectivity index (χ1) is 8.54. The van der Waals surface area contributed by atoms with E-state index < -0.39 is 22.2 Å². The van der Waals surface area contributed by atoms with Crippen LogP contribution in [0.25, 0.3) is 10.1 Å². The van der Waals surface area contributed by atoms with E-state index >= 15 is 0 Å².